The number of halogens is 1. The second-order valence-electron chi connectivity index (χ2n) is 8.50. The highest BCUT2D eigenvalue weighted by Crippen LogP contribution is 2.52. The minimum atomic E-state index is -0.378. The molecule has 0 saturated heterocycles. The average molecular weight is 383 g/mol. The van der Waals surface area contributed by atoms with Crippen LogP contribution in [0.2, 0.25) is 5.02 Å². The van der Waals surface area contributed by atoms with E-state index in [1.165, 1.54) is 17.2 Å². The Morgan fingerprint density at radius 3 is 2.52 bits per heavy atom. The summed E-state index contributed by atoms with van der Waals surface area (Å²) in [5.74, 6) is 0.474. The molecule has 3 atom stereocenters. The minimum absolute atomic E-state index is 0.0487. The molecular weight excluding hydrogens is 360 g/mol. The molecule has 0 unspecified atom stereocenters. The molecule has 1 heterocycles. The van der Waals surface area contributed by atoms with E-state index in [9.17, 15) is 10.1 Å². The number of nitrogens with zero attached hydrogens (tertiary/aromatic N) is 1. The van der Waals surface area contributed by atoms with Gasteiger partial charge in [-0.3, -0.25) is 10.1 Å². The summed E-state index contributed by atoms with van der Waals surface area (Å²) in [6, 6.07) is 12.0. The van der Waals surface area contributed by atoms with Crippen molar-refractivity contribution in [2.75, 3.05) is 5.32 Å². The monoisotopic (exact) mass is 382 g/mol. The Hall–Kier alpha value is -2.33. The zero-order chi connectivity index (χ0) is 19.3. The highest BCUT2D eigenvalue weighted by Gasteiger charge is 2.39. The lowest BCUT2D eigenvalue weighted by atomic mass is 9.76. The summed E-state index contributed by atoms with van der Waals surface area (Å²) in [6.45, 7) is 6.63. The van der Waals surface area contributed by atoms with Crippen molar-refractivity contribution in [1.82, 2.24) is 0 Å². The Kier molecular flexibility index (Phi) is 4.26. The Bertz CT molecular complexity index is 929. The number of benzene rings is 2. The molecule has 0 bridgehead atoms. The number of hydrogen-bond donors (Lipinski definition) is 1. The van der Waals surface area contributed by atoms with Crippen LogP contribution in [0.15, 0.2) is 48.6 Å². The summed E-state index contributed by atoms with van der Waals surface area (Å²) in [4.78, 5) is 10.9. The number of non-ortho nitro benzene ring substituents is 1. The molecule has 4 nitrogen and oxygen atoms in total. The number of fused-ring (bicyclic) bond motifs is 3. The van der Waals surface area contributed by atoms with Crippen LogP contribution in [0.1, 0.15) is 55.8 Å². The van der Waals surface area contributed by atoms with Gasteiger partial charge in [-0.15, -0.1) is 0 Å². The van der Waals surface area contributed by atoms with Gasteiger partial charge < -0.3 is 5.32 Å². The molecule has 4 rings (SSSR count). The molecule has 2 aliphatic rings. The predicted octanol–water partition coefficient (Wildman–Crippen LogP) is 6.37. The SMILES string of the molecule is CC(C)(C)c1ccc([C@@H]2Nc3c(Cl)cc([N+](=O)[O-])cc3[C@@H]3C=CC[C@H]32)cc1. The van der Waals surface area contributed by atoms with Crippen molar-refractivity contribution in [2.45, 2.75) is 44.6 Å². The van der Waals surface area contributed by atoms with Gasteiger partial charge >= 0.3 is 0 Å². The van der Waals surface area contributed by atoms with E-state index in [1.54, 1.807) is 6.07 Å². The molecule has 1 aliphatic heterocycles. The van der Waals surface area contributed by atoms with E-state index in [4.69, 9.17) is 11.6 Å². The van der Waals surface area contributed by atoms with Gasteiger partial charge in [-0.05, 0) is 34.4 Å². The van der Waals surface area contributed by atoms with Gasteiger partial charge in [0.05, 0.1) is 21.7 Å². The zero-order valence-corrected chi connectivity index (χ0v) is 16.5. The lowest BCUT2D eigenvalue weighted by molar-refractivity contribution is -0.384. The first-order valence-electron chi connectivity index (χ1n) is 9.27. The van der Waals surface area contributed by atoms with Crippen LogP contribution in [0.4, 0.5) is 11.4 Å². The summed E-state index contributed by atoms with van der Waals surface area (Å²) in [5, 5.41) is 15.2. The molecule has 5 heteroatoms. The van der Waals surface area contributed by atoms with Crippen LogP contribution < -0.4 is 5.32 Å². The molecule has 2 aromatic rings. The van der Waals surface area contributed by atoms with Gasteiger partial charge in [-0.1, -0.05) is 68.8 Å². The van der Waals surface area contributed by atoms with Crippen LogP contribution in [0, 0.1) is 16.0 Å². The first-order chi connectivity index (χ1) is 12.8. The van der Waals surface area contributed by atoms with Crippen molar-refractivity contribution >= 4 is 23.0 Å². The maximum Gasteiger partial charge on any atom is 0.271 e. The Labute approximate surface area is 164 Å². The lowest BCUT2D eigenvalue weighted by Gasteiger charge is -2.38. The van der Waals surface area contributed by atoms with E-state index in [0.717, 1.165) is 17.7 Å². The summed E-state index contributed by atoms with van der Waals surface area (Å²) in [5.41, 5.74) is 4.44. The van der Waals surface area contributed by atoms with Crippen molar-refractivity contribution in [2.24, 2.45) is 5.92 Å². The second kappa shape index (κ2) is 6.38. The molecule has 0 aromatic heterocycles. The van der Waals surface area contributed by atoms with E-state index in [1.807, 2.05) is 0 Å². The maximum atomic E-state index is 11.2. The molecule has 2 aromatic carbocycles. The zero-order valence-electron chi connectivity index (χ0n) is 15.7. The summed E-state index contributed by atoms with van der Waals surface area (Å²) in [6.07, 6.45) is 5.29. The number of anilines is 1. The normalized spacial score (nSPS) is 23.5. The molecule has 27 heavy (non-hydrogen) atoms. The first-order valence-corrected chi connectivity index (χ1v) is 9.65. The quantitative estimate of drug-likeness (QED) is 0.373. The van der Waals surface area contributed by atoms with Crippen LogP contribution in [0.3, 0.4) is 0 Å². The smallest absolute Gasteiger partial charge is 0.271 e. The standard InChI is InChI=1S/C22H23ClN2O2/c1-22(2,3)14-9-7-13(8-10-14)20-17-6-4-5-16(17)18-11-15(25(26)27)12-19(23)21(18)24-20/h4-5,7-12,16-17,20,24H,6H2,1-3H3/t16-,17-,20+/m1/s1. The summed E-state index contributed by atoms with van der Waals surface area (Å²) in [7, 11) is 0. The fourth-order valence-electron chi connectivity index (χ4n) is 4.27. The van der Waals surface area contributed by atoms with Crippen molar-refractivity contribution in [3.63, 3.8) is 0 Å². The molecule has 0 spiro atoms. The first kappa shape index (κ1) is 18.1. The van der Waals surface area contributed by atoms with E-state index in [0.29, 0.717) is 10.9 Å². The highest BCUT2D eigenvalue weighted by molar-refractivity contribution is 6.33. The fraction of sp³-hybridized carbons (Fsp3) is 0.364. The van der Waals surface area contributed by atoms with Crippen molar-refractivity contribution < 1.29 is 4.92 Å². The van der Waals surface area contributed by atoms with Crippen molar-refractivity contribution in [3.8, 4) is 0 Å². The third-order valence-electron chi connectivity index (χ3n) is 5.75. The molecule has 1 N–H and O–H groups in total. The van der Waals surface area contributed by atoms with E-state index in [2.05, 4.69) is 62.5 Å². The van der Waals surface area contributed by atoms with Crippen LogP contribution in [0.25, 0.3) is 0 Å². The largest absolute Gasteiger partial charge is 0.376 e. The van der Waals surface area contributed by atoms with E-state index < -0.39 is 0 Å². The van der Waals surface area contributed by atoms with E-state index in [-0.39, 0.29) is 28.0 Å². The fourth-order valence-corrected chi connectivity index (χ4v) is 4.54. The maximum absolute atomic E-state index is 11.2. The van der Waals surface area contributed by atoms with Crippen molar-refractivity contribution in [3.05, 3.63) is 80.4 Å². The molecular formula is C22H23ClN2O2. The Morgan fingerprint density at radius 2 is 1.89 bits per heavy atom. The van der Waals surface area contributed by atoms with Gasteiger partial charge in [0.1, 0.15) is 0 Å². The number of nitrogens with one attached hydrogen (secondary N) is 1. The van der Waals surface area contributed by atoms with E-state index >= 15 is 0 Å². The second-order valence-corrected chi connectivity index (χ2v) is 8.90. The van der Waals surface area contributed by atoms with Gasteiger partial charge in [-0.2, -0.15) is 0 Å². The number of allylic oxidation sites excluding steroid dienone is 2. The number of nitro benzene ring substituents is 1. The molecule has 0 fully saturated rings. The number of nitro groups is 1. The highest BCUT2D eigenvalue weighted by atomic mass is 35.5. The van der Waals surface area contributed by atoms with Gasteiger partial charge in [0, 0.05) is 18.1 Å². The van der Waals surface area contributed by atoms with Crippen LogP contribution in [-0.2, 0) is 5.41 Å². The third-order valence-corrected chi connectivity index (χ3v) is 6.05. The molecule has 1 aliphatic carbocycles. The van der Waals surface area contributed by atoms with Crippen molar-refractivity contribution in [1.29, 1.82) is 0 Å². The molecule has 0 amide bonds. The van der Waals surface area contributed by atoms with Crippen LogP contribution in [0.5, 0.6) is 0 Å². The Morgan fingerprint density at radius 1 is 1.19 bits per heavy atom. The predicted molar refractivity (Wildman–Crippen MR) is 110 cm³/mol. The van der Waals surface area contributed by atoms with Gasteiger partial charge in [-0.25, -0.2) is 0 Å². The third kappa shape index (κ3) is 3.12. The Balaban J connectivity index is 1.75. The summed E-state index contributed by atoms with van der Waals surface area (Å²) < 4.78 is 0. The van der Waals surface area contributed by atoms with Gasteiger partial charge in [0.25, 0.3) is 5.69 Å². The minimum Gasteiger partial charge on any atom is -0.376 e. The summed E-state index contributed by atoms with van der Waals surface area (Å²) >= 11 is 6.43. The topological polar surface area (TPSA) is 55.2 Å². The van der Waals surface area contributed by atoms with Gasteiger partial charge in [0.2, 0.25) is 0 Å². The lowest BCUT2D eigenvalue weighted by Crippen LogP contribution is -2.29. The molecule has 0 radical (unpaired) electrons. The average Bonchev–Trinajstić information content (AvgIpc) is 3.10. The number of rotatable bonds is 2. The number of hydrogen-bond acceptors (Lipinski definition) is 3. The van der Waals surface area contributed by atoms with Crippen LogP contribution >= 0.6 is 11.6 Å². The van der Waals surface area contributed by atoms with Crippen LogP contribution in [-0.4, -0.2) is 4.92 Å². The van der Waals surface area contributed by atoms with Gasteiger partial charge in [0.15, 0.2) is 0 Å². The molecule has 140 valence electrons. The molecule has 0 saturated carbocycles.